The topological polar surface area (TPSA) is 39.2 Å². The number of hydrogen-bond acceptors (Lipinski definition) is 2. The Balaban J connectivity index is 2.47. The lowest BCUT2D eigenvalue weighted by molar-refractivity contribution is 0.489. The van der Waals surface area contributed by atoms with Crippen LogP contribution in [-0.2, 0) is 0 Å². The Morgan fingerprint density at radius 3 is 2.29 bits per heavy atom. The first kappa shape index (κ1) is 12.1. The lowest BCUT2D eigenvalue weighted by atomic mass is 9.95. The highest BCUT2D eigenvalue weighted by Crippen LogP contribution is 2.28. The second-order valence-corrected chi connectivity index (χ2v) is 4.45. The van der Waals surface area contributed by atoms with Crippen LogP contribution in [0.5, 0.6) is 0 Å². The van der Waals surface area contributed by atoms with Gasteiger partial charge in [0.05, 0.1) is 6.04 Å². The molecule has 0 fully saturated rings. The largest absolute Gasteiger partial charge is 0.448 e. The normalized spacial score (nSPS) is 12.8. The predicted molar refractivity (Wildman–Crippen MR) is 65.6 cm³/mol. The van der Waals surface area contributed by atoms with Crippen molar-refractivity contribution in [3.8, 4) is 0 Å². The molecule has 0 aliphatic heterocycles. The molecule has 1 heterocycles. The molecule has 0 saturated carbocycles. The van der Waals surface area contributed by atoms with E-state index in [2.05, 4.69) is 0 Å². The van der Waals surface area contributed by atoms with Crippen molar-refractivity contribution in [3.05, 3.63) is 57.8 Å². The fourth-order valence-corrected chi connectivity index (χ4v) is 2.20. The molecular formula is C13H13ClFNO. The van der Waals surface area contributed by atoms with Crippen LogP contribution in [0.15, 0.2) is 28.7 Å². The molecule has 0 bridgehead atoms. The maximum absolute atomic E-state index is 13.2. The Hall–Kier alpha value is -1.32. The van der Waals surface area contributed by atoms with E-state index < -0.39 is 6.04 Å². The Morgan fingerprint density at radius 2 is 1.82 bits per heavy atom. The highest BCUT2D eigenvalue weighted by atomic mass is 35.5. The van der Waals surface area contributed by atoms with Gasteiger partial charge in [-0.15, -0.1) is 0 Å². The Morgan fingerprint density at radius 1 is 1.24 bits per heavy atom. The molecule has 1 aromatic heterocycles. The number of furan rings is 1. The number of halogens is 2. The third-order valence-corrected chi connectivity index (χ3v) is 2.97. The fourth-order valence-electron chi connectivity index (χ4n) is 2.05. The Labute approximate surface area is 104 Å². The summed E-state index contributed by atoms with van der Waals surface area (Å²) in [7, 11) is 0. The predicted octanol–water partition coefficient (Wildman–Crippen LogP) is 3.74. The van der Waals surface area contributed by atoms with Crippen molar-refractivity contribution in [2.24, 2.45) is 5.73 Å². The summed E-state index contributed by atoms with van der Waals surface area (Å²) in [6.07, 6.45) is 0. The van der Waals surface area contributed by atoms with E-state index in [0.29, 0.717) is 11.0 Å². The third-order valence-electron chi connectivity index (χ3n) is 2.77. The average Bonchev–Trinajstić information content (AvgIpc) is 2.63. The van der Waals surface area contributed by atoms with Crippen molar-refractivity contribution in [1.82, 2.24) is 0 Å². The van der Waals surface area contributed by atoms with Crippen molar-refractivity contribution < 1.29 is 8.81 Å². The summed E-state index contributed by atoms with van der Waals surface area (Å²) in [4.78, 5) is 0. The number of rotatable bonds is 2. The van der Waals surface area contributed by atoms with Gasteiger partial charge in [0, 0.05) is 0 Å². The van der Waals surface area contributed by atoms with E-state index in [1.54, 1.807) is 12.1 Å². The second kappa shape index (κ2) is 4.51. The van der Waals surface area contributed by atoms with Gasteiger partial charge in [-0.1, -0.05) is 0 Å². The van der Waals surface area contributed by atoms with Gasteiger partial charge in [-0.2, -0.15) is 0 Å². The van der Waals surface area contributed by atoms with Crippen LogP contribution in [0.3, 0.4) is 0 Å². The minimum atomic E-state index is -0.428. The average molecular weight is 254 g/mol. The summed E-state index contributed by atoms with van der Waals surface area (Å²) in [5.74, 6) is 0.321. The summed E-state index contributed by atoms with van der Waals surface area (Å²) >= 11 is 5.71. The van der Waals surface area contributed by atoms with Crippen molar-refractivity contribution >= 4 is 11.6 Å². The van der Waals surface area contributed by atoms with E-state index in [-0.39, 0.29) is 5.82 Å². The molecule has 2 N–H and O–H groups in total. The van der Waals surface area contributed by atoms with Crippen LogP contribution in [0, 0.1) is 19.7 Å². The second-order valence-electron chi connectivity index (χ2n) is 4.07. The van der Waals surface area contributed by atoms with Gasteiger partial charge in [-0.3, -0.25) is 0 Å². The lowest BCUT2D eigenvalue weighted by Crippen LogP contribution is -2.14. The van der Waals surface area contributed by atoms with E-state index in [4.69, 9.17) is 21.8 Å². The van der Waals surface area contributed by atoms with E-state index in [1.807, 2.05) is 13.8 Å². The van der Waals surface area contributed by atoms with Gasteiger partial charge in [0.15, 0.2) is 5.22 Å². The van der Waals surface area contributed by atoms with Gasteiger partial charge in [-0.05, 0) is 66.4 Å². The molecule has 2 aromatic rings. The first-order valence-electron chi connectivity index (χ1n) is 5.26. The molecule has 1 aromatic carbocycles. The third kappa shape index (κ3) is 2.35. The zero-order valence-corrected chi connectivity index (χ0v) is 10.4. The maximum atomic E-state index is 13.2. The fraction of sp³-hybridized carbons (Fsp3) is 0.231. The molecule has 17 heavy (non-hydrogen) atoms. The molecule has 0 aliphatic rings. The molecule has 0 radical (unpaired) electrons. The van der Waals surface area contributed by atoms with Gasteiger partial charge in [0.25, 0.3) is 0 Å². The quantitative estimate of drug-likeness (QED) is 0.886. The minimum Gasteiger partial charge on any atom is -0.448 e. The van der Waals surface area contributed by atoms with E-state index in [1.165, 1.54) is 12.1 Å². The smallest absolute Gasteiger partial charge is 0.193 e. The van der Waals surface area contributed by atoms with Crippen molar-refractivity contribution in [2.45, 2.75) is 19.9 Å². The summed E-state index contributed by atoms with van der Waals surface area (Å²) in [5, 5.41) is 0.299. The summed E-state index contributed by atoms with van der Waals surface area (Å²) < 4.78 is 18.5. The lowest BCUT2D eigenvalue weighted by Gasteiger charge is -2.15. The van der Waals surface area contributed by atoms with Gasteiger partial charge in [-0.25, -0.2) is 4.39 Å². The molecule has 0 spiro atoms. The van der Waals surface area contributed by atoms with Crippen molar-refractivity contribution in [3.63, 3.8) is 0 Å². The summed E-state index contributed by atoms with van der Waals surface area (Å²) in [6, 6.07) is 5.88. The minimum absolute atomic E-state index is 0.256. The van der Waals surface area contributed by atoms with Crippen LogP contribution in [0.4, 0.5) is 4.39 Å². The number of benzene rings is 1. The first-order valence-corrected chi connectivity index (χ1v) is 5.64. The van der Waals surface area contributed by atoms with Crippen LogP contribution >= 0.6 is 11.6 Å². The monoisotopic (exact) mass is 253 g/mol. The maximum Gasteiger partial charge on any atom is 0.193 e. The van der Waals surface area contributed by atoms with Gasteiger partial charge in [0.2, 0.25) is 0 Å². The van der Waals surface area contributed by atoms with Gasteiger partial charge >= 0.3 is 0 Å². The molecule has 2 rings (SSSR count). The van der Waals surface area contributed by atoms with Gasteiger partial charge in [0.1, 0.15) is 11.6 Å². The van der Waals surface area contributed by atoms with Crippen LogP contribution < -0.4 is 5.73 Å². The highest BCUT2D eigenvalue weighted by molar-refractivity contribution is 6.28. The zero-order chi connectivity index (χ0) is 12.6. The number of aryl methyl sites for hydroxylation is 2. The molecule has 90 valence electrons. The van der Waals surface area contributed by atoms with Crippen molar-refractivity contribution in [1.29, 1.82) is 0 Å². The standard InChI is InChI=1S/C13H13ClFNO/c1-7-5-9(15)6-8(2)12(7)13(16)10-3-4-11(14)17-10/h3-6,13H,16H2,1-2H3. The van der Waals surface area contributed by atoms with Crippen molar-refractivity contribution in [2.75, 3.05) is 0 Å². The van der Waals surface area contributed by atoms with Crippen LogP contribution in [0.25, 0.3) is 0 Å². The number of nitrogens with two attached hydrogens (primary N) is 1. The Kier molecular flexibility index (Phi) is 3.22. The van der Waals surface area contributed by atoms with Crippen LogP contribution in [0.2, 0.25) is 5.22 Å². The van der Waals surface area contributed by atoms with Crippen LogP contribution in [0.1, 0.15) is 28.5 Å². The molecular weight excluding hydrogens is 241 g/mol. The van der Waals surface area contributed by atoms with E-state index in [9.17, 15) is 4.39 Å². The molecule has 0 amide bonds. The first-order chi connectivity index (χ1) is 7.99. The molecule has 1 atom stereocenters. The van der Waals surface area contributed by atoms with E-state index >= 15 is 0 Å². The summed E-state index contributed by atoms with van der Waals surface area (Å²) in [6.45, 7) is 3.66. The van der Waals surface area contributed by atoms with E-state index in [0.717, 1.165) is 16.7 Å². The molecule has 0 saturated heterocycles. The van der Waals surface area contributed by atoms with Crippen LogP contribution in [-0.4, -0.2) is 0 Å². The number of hydrogen-bond donors (Lipinski definition) is 1. The Bertz CT molecular complexity index is 527. The molecule has 1 unspecified atom stereocenters. The molecule has 4 heteroatoms. The summed E-state index contributed by atoms with van der Waals surface area (Å²) in [5.41, 5.74) is 8.59. The SMILES string of the molecule is Cc1cc(F)cc(C)c1C(N)c1ccc(Cl)o1. The van der Waals surface area contributed by atoms with Gasteiger partial charge < -0.3 is 10.2 Å². The highest BCUT2D eigenvalue weighted by Gasteiger charge is 2.18. The molecule has 2 nitrogen and oxygen atoms in total. The molecule has 0 aliphatic carbocycles. The zero-order valence-electron chi connectivity index (χ0n) is 9.63.